The van der Waals surface area contributed by atoms with E-state index in [4.69, 9.17) is 0 Å². The lowest BCUT2D eigenvalue weighted by molar-refractivity contribution is -0.137. The summed E-state index contributed by atoms with van der Waals surface area (Å²) < 4.78 is 37.7. The highest BCUT2D eigenvalue weighted by Gasteiger charge is 2.30. The maximum atomic E-state index is 12.6. The zero-order valence-corrected chi connectivity index (χ0v) is 9.80. The average Bonchev–Trinajstić information content (AvgIpc) is 2.25. The van der Waals surface area contributed by atoms with Gasteiger partial charge in [-0.3, -0.25) is 0 Å². The van der Waals surface area contributed by atoms with Crippen molar-refractivity contribution in [2.45, 2.75) is 25.9 Å². The Balaban J connectivity index is 2.76. The van der Waals surface area contributed by atoms with Crippen molar-refractivity contribution in [1.29, 1.82) is 0 Å². The highest BCUT2D eigenvalue weighted by molar-refractivity contribution is 5.81. The van der Waals surface area contributed by atoms with E-state index >= 15 is 0 Å². The summed E-state index contributed by atoms with van der Waals surface area (Å²) in [7, 11) is 0. The van der Waals surface area contributed by atoms with Crippen LogP contribution in [0.3, 0.4) is 0 Å². The Labute approximate surface area is 101 Å². The Morgan fingerprint density at radius 2 is 1.94 bits per heavy atom. The van der Waals surface area contributed by atoms with Gasteiger partial charge < -0.3 is 4.98 Å². The molecule has 1 heterocycles. The number of benzene rings is 1. The Morgan fingerprint density at radius 3 is 2.50 bits per heavy atom. The summed E-state index contributed by atoms with van der Waals surface area (Å²) in [6, 6.07) is 3.24. The third kappa shape index (κ3) is 2.23. The van der Waals surface area contributed by atoms with Crippen LogP contribution in [0.1, 0.15) is 31.0 Å². The second-order valence-corrected chi connectivity index (χ2v) is 4.34. The van der Waals surface area contributed by atoms with E-state index in [0.29, 0.717) is 11.1 Å². The fourth-order valence-corrected chi connectivity index (χ4v) is 1.80. The molecule has 0 saturated carbocycles. The van der Waals surface area contributed by atoms with Gasteiger partial charge in [0.25, 0.3) is 0 Å². The molecule has 0 aliphatic rings. The molecule has 0 fully saturated rings. The SMILES string of the molecule is CC(C)c1[nH]c(=O)nc2cc(C(F)(F)F)ccc12. The number of rotatable bonds is 1. The number of aromatic amines is 1. The first-order valence-electron chi connectivity index (χ1n) is 5.40. The normalized spacial score (nSPS) is 12.3. The van der Waals surface area contributed by atoms with Crippen molar-refractivity contribution in [3.05, 3.63) is 39.9 Å². The number of alkyl halides is 3. The van der Waals surface area contributed by atoms with Gasteiger partial charge in [-0.25, -0.2) is 4.79 Å². The minimum Gasteiger partial charge on any atom is -0.309 e. The van der Waals surface area contributed by atoms with Crippen molar-refractivity contribution in [2.24, 2.45) is 0 Å². The van der Waals surface area contributed by atoms with E-state index in [-0.39, 0.29) is 11.4 Å². The van der Waals surface area contributed by atoms with Crippen LogP contribution in [0, 0.1) is 0 Å². The molecule has 0 aliphatic heterocycles. The minimum absolute atomic E-state index is 0.0000586. The van der Waals surface area contributed by atoms with Crippen molar-refractivity contribution in [3.63, 3.8) is 0 Å². The highest BCUT2D eigenvalue weighted by Crippen LogP contribution is 2.31. The quantitative estimate of drug-likeness (QED) is 0.852. The lowest BCUT2D eigenvalue weighted by Gasteiger charge is -2.11. The van der Waals surface area contributed by atoms with E-state index in [1.807, 2.05) is 13.8 Å². The molecule has 0 amide bonds. The number of nitrogens with one attached hydrogen (secondary N) is 1. The van der Waals surface area contributed by atoms with Gasteiger partial charge >= 0.3 is 11.9 Å². The molecule has 0 atom stereocenters. The van der Waals surface area contributed by atoms with E-state index in [9.17, 15) is 18.0 Å². The number of fused-ring (bicyclic) bond motifs is 1. The standard InChI is InChI=1S/C12H11F3N2O/c1-6(2)10-8-4-3-7(12(13,14)15)5-9(8)16-11(18)17-10/h3-6H,1-2H3,(H,16,17,18). The lowest BCUT2D eigenvalue weighted by Crippen LogP contribution is -2.15. The van der Waals surface area contributed by atoms with Crippen LogP contribution in [0.2, 0.25) is 0 Å². The van der Waals surface area contributed by atoms with Crippen LogP contribution < -0.4 is 5.69 Å². The summed E-state index contributed by atoms with van der Waals surface area (Å²) in [4.78, 5) is 17.5. The maximum Gasteiger partial charge on any atom is 0.416 e. The summed E-state index contributed by atoms with van der Waals surface area (Å²) in [6.45, 7) is 3.70. The summed E-state index contributed by atoms with van der Waals surface area (Å²) in [6.07, 6.45) is -4.43. The van der Waals surface area contributed by atoms with E-state index < -0.39 is 17.4 Å². The fourth-order valence-electron chi connectivity index (χ4n) is 1.80. The zero-order valence-electron chi connectivity index (χ0n) is 9.80. The van der Waals surface area contributed by atoms with E-state index in [0.717, 1.165) is 12.1 Å². The molecule has 96 valence electrons. The first-order chi connectivity index (χ1) is 8.29. The Kier molecular flexibility index (Phi) is 2.88. The fraction of sp³-hybridized carbons (Fsp3) is 0.333. The third-order valence-electron chi connectivity index (χ3n) is 2.66. The molecule has 1 aromatic heterocycles. The van der Waals surface area contributed by atoms with Gasteiger partial charge in [-0.1, -0.05) is 19.9 Å². The molecule has 0 unspecified atom stereocenters. The maximum absolute atomic E-state index is 12.6. The molecule has 18 heavy (non-hydrogen) atoms. The van der Waals surface area contributed by atoms with Crippen molar-refractivity contribution in [2.75, 3.05) is 0 Å². The van der Waals surface area contributed by atoms with Gasteiger partial charge in [-0.15, -0.1) is 0 Å². The van der Waals surface area contributed by atoms with Crippen LogP contribution in [-0.2, 0) is 6.18 Å². The van der Waals surface area contributed by atoms with Gasteiger partial charge in [-0.2, -0.15) is 18.2 Å². The van der Waals surface area contributed by atoms with Crippen molar-refractivity contribution >= 4 is 10.9 Å². The molecule has 2 rings (SSSR count). The first-order valence-corrected chi connectivity index (χ1v) is 5.40. The molecular weight excluding hydrogens is 245 g/mol. The van der Waals surface area contributed by atoms with E-state index in [1.165, 1.54) is 6.07 Å². The number of hydrogen-bond acceptors (Lipinski definition) is 2. The van der Waals surface area contributed by atoms with Crippen LogP contribution in [0.15, 0.2) is 23.0 Å². The largest absolute Gasteiger partial charge is 0.416 e. The minimum atomic E-state index is -4.43. The Bertz CT molecular complexity index is 644. The topological polar surface area (TPSA) is 45.8 Å². The van der Waals surface area contributed by atoms with Crippen molar-refractivity contribution in [3.8, 4) is 0 Å². The molecule has 2 aromatic rings. The van der Waals surface area contributed by atoms with E-state index in [2.05, 4.69) is 9.97 Å². The number of hydrogen-bond donors (Lipinski definition) is 1. The molecule has 1 aromatic carbocycles. The molecular formula is C12H11F3N2O. The second-order valence-electron chi connectivity index (χ2n) is 4.34. The summed E-state index contributed by atoms with van der Waals surface area (Å²) in [5, 5.41) is 0.539. The van der Waals surface area contributed by atoms with E-state index in [1.54, 1.807) is 0 Å². The molecule has 0 radical (unpaired) electrons. The number of aromatic nitrogens is 2. The van der Waals surface area contributed by atoms with Crippen molar-refractivity contribution in [1.82, 2.24) is 9.97 Å². The number of halogens is 3. The van der Waals surface area contributed by atoms with Gasteiger partial charge in [0.05, 0.1) is 11.1 Å². The van der Waals surface area contributed by atoms with Crippen LogP contribution >= 0.6 is 0 Å². The second kappa shape index (κ2) is 4.12. The predicted octanol–water partition coefficient (Wildman–Crippen LogP) is 3.07. The van der Waals surface area contributed by atoms with Crippen LogP contribution in [0.25, 0.3) is 10.9 Å². The molecule has 0 saturated heterocycles. The number of nitrogens with zero attached hydrogens (tertiary/aromatic N) is 1. The molecule has 0 bridgehead atoms. The first kappa shape index (κ1) is 12.6. The van der Waals surface area contributed by atoms with Crippen molar-refractivity contribution < 1.29 is 13.2 Å². The lowest BCUT2D eigenvalue weighted by atomic mass is 10.0. The van der Waals surface area contributed by atoms with Gasteiger partial charge in [0.1, 0.15) is 0 Å². The summed E-state index contributed by atoms with van der Waals surface area (Å²) in [5.74, 6) is -0.0000586. The predicted molar refractivity (Wildman–Crippen MR) is 61.5 cm³/mol. The van der Waals surface area contributed by atoms with Crippen LogP contribution in [0.4, 0.5) is 13.2 Å². The van der Waals surface area contributed by atoms with Gasteiger partial charge in [0.2, 0.25) is 0 Å². The monoisotopic (exact) mass is 256 g/mol. The Morgan fingerprint density at radius 1 is 1.28 bits per heavy atom. The summed E-state index contributed by atoms with van der Waals surface area (Å²) >= 11 is 0. The smallest absolute Gasteiger partial charge is 0.309 e. The summed E-state index contributed by atoms with van der Waals surface area (Å²) in [5.41, 5.74) is -0.774. The molecule has 1 N–H and O–H groups in total. The van der Waals surface area contributed by atoms with Crippen LogP contribution in [0.5, 0.6) is 0 Å². The molecule has 3 nitrogen and oxygen atoms in total. The highest BCUT2D eigenvalue weighted by atomic mass is 19.4. The Hall–Kier alpha value is -1.85. The average molecular weight is 256 g/mol. The molecule has 6 heteroatoms. The van der Waals surface area contributed by atoms with Gasteiger partial charge in [-0.05, 0) is 18.1 Å². The third-order valence-corrected chi connectivity index (χ3v) is 2.66. The van der Waals surface area contributed by atoms with Gasteiger partial charge in [0.15, 0.2) is 0 Å². The number of H-pyrrole nitrogens is 1. The van der Waals surface area contributed by atoms with Crippen LogP contribution in [-0.4, -0.2) is 9.97 Å². The molecule has 0 aliphatic carbocycles. The van der Waals surface area contributed by atoms with Gasteiger partial charge in [0, 0.05) is 11.1 Å². The zero-order chi connectivity index (χ0) is 13.5. The molecule has 0 spiro atoms.